The number of pyridine rings is 1. The normalized spacial score (nSPS) is 12.6. The summed E-state index contributed by atoms with van der Waals surface area (Å²) >= 11 is 0. The summed E-state index contributed by atoms with van der Waals surface area (Å²) in [5.74, 6) is 0. The van der Waals surface area contributed by atoms with Crippen molar-refractivity contribution < 1.29 is 0 Å². The van der Waals surface area contributed by atoms with Gasteiger partial charge in [-0.25, -0.2) is 0 Å². The highest BCUT2D eigenvalue weighted by atomic mass is 15.3. The van der Waals surface area contributed by atoms with E-state index in [0.29, 0.717) is 0 Å². The molecule has 2 aromatic heterocycles. The van der Waals surface area contributed by atoms with E-state index in [1.807, 2.05) is 31.8 Å². The van der Waals surface area contributed by atoms with Crippen molar-refractivity contribution in [2.24, 2.45) is 0 Å². The third-order valence-corrected chi connectivity index (χ3v) is 3.17. The lowest BCUT2D eigenvalue weighted by molar-refractivity contribution is 0.600. The van der Waals surface area contributed by atoms with Crippen LogP contribution in [0.25, 0.3) is 0 Å². The highest BCUT2D eigenvalue weighted by Gasteiger charge is 2.15. The first-order valence-electron chi connectivity index (χ1n) is 6.79. The number of hydrogen-bond donors (Lipinski definition) is 1. The molecule has 2 aromatic rings. The van der Waals surface area contributed by atoms with Crippen molar-refractivity contribution in [2.45, 2.75) is 39.8 Å². The van der Waals surface area contributed by atoms with E-state index in [1.54, 1.807) is 0 Å². The lowest BCUT2D eigenvalue weighted by Gasteiger charge is -2.16. The van der Waals surface area contributed by atoms with Gasteiger partial charge in [-0.15, -0.1) is 0 Å². The molecule has 0 aromatic carbocycles. The van der Waals surface area contributed by atoms with Crippen LogP contribution >= 0.6 is 0 Å². The number of aromatic nitrogens is 3. The largest absolute Gasteiger partial charge is 0.309 e. The van der Waals surface area contributed by atoms with Crippen LogP contribution in [0.4, 0.5) is 0 Å². The maximum Gasteiger partial charge on any atom is 0.0606 e. The van der Waals surface area contributed by atoms with Gasteiger partial charge in [0, 0.05) is 29.7 Å². The Hall–Kier alpha value is -1.68. The van der Waals surface area contributed by atoms with Gasteiger partial charge >= 0.3 is 0 Å². The SMILES string of the molecule is CCCn1cc(C(NC)c2cc(C)nc(C)c2)cn1. The summed E-state index contributed by atoms with van der Waals surface area (Å²) in [6, 6.07) is 4.43. The fourth-order valence-electron chi connectivity index (χ4n) is 2.44. The molecule has 0 aliphatic rings. The van der Waals surface area contributed by atoms with E-state index < -0.39 is 0 Å². The number of rotatable bonds is 5. The second-order valence-corrected chi connectivity index (χ2v) is 4.94. The van der Waals surface area contributed by atoms with E-state index >= 15 is 0 Å². The van der Waals surface area contributed by atoms with E-state index in [-0.39, 0.29) is 6.04 Å². The van der Waals surface area contributed by atoms with Crippen molar-refractivity contribution in [1.82, 2.24) is 20.1 Å². The standard InChI is InChI=1S/C15H22N4/c1-5-6-19-10-14(9-17-19)15(16-4)13-7-11(2)18-12(3)8-13/h7-10,15-16H,5-6H2,1-4H3. The Labute approximate surface area is 114 Å². The van der Waals surface area contributed by atoms with Gasteiger partial charge in [0.05, 0.1) is 12.2 Å². The van der Waals surface area contributed by atoms with Gasteiger partial charge in [0.15, 0.2) is 0 Å². The molecule has 1 N–H and O–H groups in total. The minimum atomic E-state index is 0.172. The van der Waals surface area contributed by atoms with Crippen molar-refractivity contribution in [3.63, 3.8) is 0 Å². The van der Waals surface area contributed by atoms with Crippen LogP contribution in [-0.2, 0) is 6.54 Å². The molecule has 19 heavy (non-hydrogen) atoms. The van der Waals surface area contributed by atoms with Crippen LogP contribution in [0.5, 0.6) is 0 Å². The van der Waals surface area contributed by atoms with Gasteiger partial charge < -0.3 is 5.32 Å². The first-order chi connectivity index (χ1) is 9.13. The summed E-state index contributed by atoms with van der Waals surface area (Å²) in [6.07, 6.45) is 5.16. The first-order valence-corrected chi connectivity index (χ1v) is 6.79. The summed E-state index contributed by atoms with van der Waals surface area (Å²) in [7, 11) is 1.98. The zero-order valence-electron chi connectivity index (χ0n) is 12.1. The zero-order chi connectivity index (χ0) is 13.8. The Balaban J connectivity index is 2.32. The molecular weight excluding hydrogens is 236 g/mol. The first kappa shape index (κ1) is 13.7. The fraction of sp³-hybridized carbons (Fsp3) is 0.467. The molecule has 0 fully saturated rings. The Morgan fingerprint density at radius 3 is 2.47 bits per heavy atom. The average molecular weight is 258 g/mol. The van der Waals surface area contributed by atoms with Crippen LogP contribution in [0.15, 0.2) is 24.5 Å². The third-order valence-electron chi connectivity index (χ3n) is 3.17. The van der Waals surface area contributed by atoms with Gasteiger partial charge in [0.2, 0.25) is 0 Å². The van der Waals surface area contributed by atoms with Gasteiger partial charge in [0.25, 0.3) is 0 Å². The summed E-state index contributed by atoms with van der Waals surface area (Å²) in [5, 5.41) is 7.77. The topological polar surface area (TPSA) is 42.7 Å². The zero-order valence-corrected chi connectivity index (χ0v) is 12.1. The smallest absolute Gasteiger partial charge is 0.0606 e. The molecule has 0 radical (unpaired) electrons. The molecule has 2 rings (SSSR count). The van der Waals surface area contributed by atoms with E-state index in [9.17, 15) is 0 Å². The van der Waals surface area contributed by atoms with Crippen LogP contribution in [-0.4, -0.2) is 21.8 Å². The molecule has 102 valence electrons. The number of nitrogens with zero attached hydrogens (tertiary/aromatic N) is 3. The quantitative estimate of drug-likeness (QED) is 0.896. The molecule has 0 spiro atoms. The van der Waals surface area contributed by atoms with Crippen LogP contribution in [0.2, 0.25) is 0 Å². The fourth-order valence-corrected chi connectivity index (χ4v) is 2.44. The summed E-state index contributed by atoms with van der Waals surface area (Å²) in [5.41, 5.74) is 4.54. The Morgan fingerprint density at radius 1 is 1.21 bits per heavy atom. The van der Waals surface area contributed by atoms with Crippen LogP contribution in [0.1, 0.15) is 41.9 Å². The van der Waals surface area contributed by atoms with Crippen molar-refractivity contribution in [3.8, 4) is 0 Å². The summed E-state index contributed by atoms with van der Waals surface area (Å²) in [6.45, 7) is 7.19. The monoisotopic (exact) mass is 258 g/mol. The molecule has 0 aliphatic carbocycles. The lowest BCUT2D eigenvalue weighted by Crippen LogP contribution is -2.17. The Morgan fingerprint density at radius 2 is 1.89 bits per heavy atom. The minimum absolute atomic E-state index is 0.172. The van der Waals surface area contributed by atoms with E-state index in [1.165, 1.54) is 11.1 Å². The number of nitrogens with one attached hydrogen (secondary N) is 1. The second-order valence-electron chi connectivity index (χ2n) is 4.94. The second kappa shape index (κ2) is 5.97. The molecule has 0 saturated carbocycles. The molecule has 0 bridgehead atoms. The van der Waals surface area contributed by atoms with Gasteiger partial charge in [-0.1, -0.05) is 6.92 Å². The van der Waals surface area contributed by atoms with Crippen molar-refractivity contribution in [1.29, 1.82) is 0 Å². The molecular formula is C15H22N4. The molecule has 1 unspecified atom stereocenters. The lowest BCUT2D eigenvalue weighted by atomic mass is 10.0. The predicted octanol–water partition coefficient (Wildman–Crippen LogP) is 2.61. The highest BCUT2D eigenvalue weighted by molar-refractivity contribution is 5.31. The summed E-state index contributed by atoms with van der Waals surface area (Å²) in [4.78, 5) is 4.43. The highest BCUT2D eigenvalue weighted by Crippen LogP contribution is 2.22. The van der Waals surface area contributed by atoms with Crippen molar-refractivity contribution in [3.05, 3.63) is 47.0 Å². The van der Waals surface area contributed by atoms with E-state index in [2.05, 4.69) is 40.7 Å². The molecule has 4 nitrogen and oxygen atoms in total. The molecule has 0 amide bonds. The number of aryl methyl sites for hydroxylation is 3. The maximum atomic E-state index is 4.43. The van der Waals surface area contributed by atoms with E-state index in [4.69, 9.17) is 0 Å². The Kier molecular flexibility index (Phi) is 4.32. The van der Waals surface area contributed by atoms with Crippen molar-refractivity contribution >= 4 is 0 Å². The third kappa shape index (κ3) is 3.20. The van der Waals surface area contributed by atoms with Crippen LogP contribution in [0.3, 0.4) is 0 Å². The number of hydrogen-bond acceptors (Lipinski definition) is 3. The van der Waals surface area contributed by atoms with Crippen molar-refractivity contribution in [2.75, 3.05) is 7.05 Å². The van der Waals surface area contributed by atoms with Gasteiger partial charge in [-0.3, -0.25) is 9.67 Å². The minimum Gasteiger partial charge on any atom is -0.309 e. The molecule has 0 saturated heterocycles. The van der Waals surface area contributed by atoms with Gasteiger partial charge in [0.1, 0.15) is 0 Å². The summed E-state index contributed by atoms with van der Waals surface area (Å²) < 4.78 is 2.00. The average Bonchev–Trinajstić information content (AvgIpc) is 2.78. The van der Waals surface area contributed by atoms with Gasteiger partial charge in [-0.05, 0) is 45.0 Å². The maximum absolute atomic E-state index is 4.43. The predicted molar refractivity (Wildman–Crippen MR) is 77.1 cm³/mol. The Bertz CT molecular complexity index is 525. The molecule has 4 heteroatoms. The van der Waals surface area contributed by atoms with Crippen LogP contribution in [0, 0.1) is 13.8 Å². The van der Waals surface area contributed by atoms with Gasteiger partial charge in [-0.2, -0.15) is 5.10 Å². The molecule has 0 aliphatic heterocycles. The van der Waals surface area contributed by atoms with Crippen LogP contribution < -0.4 is 5.32 Å². The van der Waals surface area contributed by atoms with E-state index in [0.717, 1.165) is 24.4 Å². The molecule has 1 atom stereocenters. The molecule has 2 heterocycles.